The smallest absolute Gasteiger partial charge is 0.276 e. The van der Waals surface area contributed by atoms with Crippen molar-refractivity contribution in [1.82, 2.24) is 0 Å². The number of rotatable bonds is 0. The Hall–Kier alpha value is -0.920. The highest BCUT2D eigenvalue weighted by molar-refractivity contribution is 5.14. The number of aliphatic hydroxyl groups excluding tert-OH is 1. The van der Waals surface area contributed by atoms with Crippen LogP contribution in [-0.4, -0.2) is 11.7 Å². The monoisotopic (exact) mass is 112 g/mol. The first kappa shape index (κ1) is 5.22. The molecule has 1 aliphatic heterocycles. The van der Waals surface area contributed by atoms with Gasteiger partial charge in [-0.05, 0) is 12.5 Å². The van der Waals surface area contributed by atoms with Crippen LogP contribution in [0.3, 0.4) is 0 Å². The third-order valence-electron chi connectivity index (χ3n) is 0.958. The summed E-state index contributed by atoms with van der Waals surface area (Å²) in [7, 11) is 0. The maximum atomic E-state index is 8.62. The van der Waals surface area contributed by atoms with Crippen molar-refractivity contribution in [3.05, 3.63) is 23.7 Å². The predicted octanol–water partition coefficient (Wildman–Crippen LogP) is 1.36. The number of allylic oxidation sites excluding steroid dienone is 2. The normalized spacial score (nSPS) is 18.6. The summed E-state index contributed by atoms with van der Waals surface area (Å²) >= 11 is 0. The van der Waals surface area contributed by atoms with Crippen molar-refractivity contribution in [2.75, 3.05) is 6.61 Å². The average Bonchev–Trinajstić information content (AvgIpc) is 1.77. The van der Waals surface area contributed by atoms with Crippen molar-refractivity contribution in [3.63, 3.8) is 0 Å². The van der Waals surface area contributed by atoms with Gasteiger partial charge >= 0.3 is 0 Å². The lowest BCUT2D eigenvalue weighted by Crippen LogP contribution is -1.99. The molecule has 0 amide bonds. The van der Waals surface area contributed by atoms with Gasteiger partial charge in [0.25, 0.3) is 5.95 Å². The molecule has 1 aliphatic rings. The van der Waals surface area contributed by atoms with Gasteiger partial charge in [-0.2, -0.15) is 0 Å². The fourth-order valence-corrected chi connectivity index (χ4v) is 0.498. The molecule has 0 saturated carbocycles. The first-order valence-electron chi connectivity index (χ1n) is 2.48. The average molecular weight is 112 g/mol. The standard InChI is InChI=1S/C6H8O2/c1-5-2-3-6(7)8-4-5/h2-3,7H,4H2,1H3. The molecule has 1 heterocycles. The van der Waals surface area contributed by atoms with E-state index in [9.17, 15) is 0 Å². The van der Waals surface area contributed by atoms with Crippen LogP contribution >= 0.6 is 0 Å². The van der Waals surface area contributed by atoms with Crippen molar-refractivity contribution >= 4 is 0 Å². The lowest BCUT2D eigenvalue weighted by atomic mass is 10.3. The fourth-order valence-electron chi connectivity index (χ4n) is 0.498. The molecule has 0 unspecified atom stereocenters. The summed E-state index contributed by atoms with van der Waals surface area (Å²) in [4.78, 5) is 0. The molecule has 0 atom stereocenters. The summed E-state index contributed by atoms with van der Waals surface area (Å²) in [5, 5.41) is 8.62. The van der Waals surface area contributed by atoms with Gasteiger partial charge in [-0.25, -0.2) is 0 Å². The summed E-state index contributed by atoms with van der Waals surface area (Å²) in [5.41, 5.74) is 1.13. The molecule has 1 rings (SSSR count). The minimum atomic E-state index is 0.00981. The highest BCUT2D eigenvalue weighted by Crippen LogP contribution is 2.05. The Kier molecular flexibility index (Phi) is 1.24. The van der Waals surface area contributed by atoms with Crippen molar-refractivity contribution in [3.8, 4) is 0 Å². The summed E-state index contributed by atoms with van der Waals surface area (Å²) < 4.78 is 4.74. The lowest BCUT2D eigenvalue weighted by molar-refractivity contribution is 0.105. The van der Waals surface area contributed by atoms with E-state index >= 15 is 0 Å². The van der Waals surface area contributed by atoms with Crippen molar-refractivity contribution in [2.45, 2.75) is 6.92 Å². The van der Waals surface area contributed by atoms with E-state index in [4.69, 9.17) is 9.84 Å². The van der Waals surface area contributed by atoms with Gasteiger partial charge in [0.15, 0.2) is 0 Å². The fraction of sp³-hybridized carbons (Fsp3) is 0.333. The summed E-state index contributed by atoms with van der Waals surface area (Å²) in [6.45, 7) is 2.46. The van der Waals surface area contributed by atoms with Gasteiger partial charge in [0.1, 0.15) is 6.61 Å². The Labute approximate surface area is 48.1 Å². The number of hydrogen-bond acceptors (Lipinski definition) is 2. The quantitative estimate of drug-likeness (QED) is 0.512. The first-order chi connectivity index (χ1) is 3.79. The summed E-state index contributed by atoms with van der Waals surface area (Å²) in [5.74, 6) is 0.00981. The van der Waals surface area contributed by atoms with Crippen LogP contribution < -0.4 is 0 Å². The van der Waals surface area contributed by atoms with Crippen LogP contribution in [0.2, 0.25) is 0 Å². The minimum absolute atomic E-state index is 0.00981. The molecular formula is C6H8O2. The minimum Gasteiger partial charge on any atom is -0.481 e. The third kappa shape index (κ3) is 1.03. The van der Waals surface area contributed by atoms with E-state index < -0.39 is 0 Å². The van der Waals surface area contributed by atoms with Gasteiger partial charge in [-0.1, -0.05) is 6.08 Å². The van der Waals surface area contributed by atoms with E-state index in [1.807, 2.05) is 13.0 Å². The molecule has 2 heteroatoms. The van der Waals surface area contributed by atoms with Crippen molar-refractivity contribution in [1.29, 1.82) is 0 Å². The molecule has 0 bridgehead atoms. The lowest BCUT2D eigenvalue weighted by Gasteiger charge is -2.07. The predicted molar refractivity (Wildman–Crippen MR) is 30.4 cm³/mol. The van der Waals surface area contributed by atoms with E-state index in [1.54, 1.807) is 6.08 Å². The second kappa shape index (κ2) is 1.90. The zero-order valence-electron chi connectivity index (χ0n) is 4.72. The van der Waals surface area contributed by atoms with Gasteiger partial charge in [0.05, 0.1) is 0 Å². The van der Waals surface area contributed by atoms with Crippen LogP contribution in [0.25, 0.3) is 0 Å². The van der Waals surface area contributed by atoms with E-state index in [0.29, 0.717) is 6.61 Å². The molecule has 0 spiro atoms. The maximum absolute atomic E-state index is 8.62. The van der Waals surface area contributed by atoms with Gasteiger partial charge in [0, 0.05) is 6.08 Å². The SMILES string of the molecule is CC1=CC=C(O)OC1. The van der Waals surface area contributed by atoms with Crippen LogP contribution in [0.5, 0.6) is 0 Å². The first-order valence-corrected chi connectivity index (χ1v) is 2.48. The van der Waals surface area contributed by atoms with Crippen LogP contribution in [0.1, 0.15) is 6.92 Å². The van der Waals surface area contributed by atoms with Crippen molar-refractivity contribution in [2.24, 2.45) is 0 Å². The highest BCUT2D eigenvalue weighted by Gasteiger charge is 1.98. The zero-order chi connectivity index (χ0) is 5.98. The highest BCUT2D eigenvalue weighted by atomic mass is 16.6. The van der Waals surface area contributed by atoms with Crippen molar-refractivity contribution < 1.29 is 9.84 Å². The molecule has 0 aromatic rings. The molecule has 2 nitrogen and oxygen atoms in total. The molecule has 0 aliphatic carbocycles. The van der Waals surface area contributed by atoms with Gasteiger partial charge in [0.2, 0.25) is 0 Å². The van der Waals surface area contributed by atoms with Crippen LogP contribution in [0, 0.1) is 0 Å². The Morgan fingerprint density at radius 1 is 1.62 bits per heavy atom. The van der Waals surface area contributed by atoms with Gasteiger partial charge in [-0.15, -0.1) is 0 Å². The molecule has 1 N–H and O–H groups in total. The largest absolute Gasteiger partial charge is 0.481 e. The molecule has 8 heavy (non-hydrogen) atoms. The zero-order valence-corrected chi connectivity index (χ0v) is 4.72. The Morgan fingerprint density at radius 3 is 2.75 bits per heavy atom. The van der Waals surface area contributed by atoms with E-state index in [-0.39, 0.29) is 5.95 Å². The van der Waals surface area contributed by atoms with E-state index in [0.717, 1.165) is 5.57 Å². The number of hydrogen-bond donors (Lipinski definition) is 1. The number of aliphatic hydroxyl groups is 1. The molecule has 0 aromatic carbocycles. The number of ether oxygens (including phenoxy) is 1. The topological polar surface area (TPSA) is 29.5 Å². The maximum Gasteiger partial charge on any atom is 0.276 e. The Balaban J connectivity index is 2.65. The second-order valence-electron chi connectivity index (χ2n) is 1.81. The van der Waals surface area contributed by atoms with Gasteiger partial charge in [-0.3, -0.25) is 0 Å². The van der Waals surface area contributed by atoms with Crippen LogP contribution in [-0.2, 0) is 4.74 Å². The Bertz CT molecular complexity index is 127. The molecule has 0 aromatic heterocycles. The summed E-state index contributed by atoms with van der Waals surface area (Å²) in [6.07, 6.45) is 3.37. The van der Waals surface area contributed by atoms with E-state index in [1.165, 1.54) is 0 Å². The second-order valence-corrected chi connectivity index (χ2v) is 1.81. The molecule has 44 valence electrons. The third-order valence-corrected chi connectivity index (χ3v) is 0.958. The molecule has 0 fully saturated rings. The van der Waals surface area contributed by atoms with E-state index in [2.05, 4.69) is 0 Å². The van der Waals surface area contributed by atoms with Crippen LogP contribution in [0.4, 0.5) is 0 Å². The molecule has 0 saturated heterocycles. The molecular weight excluding hydrogens is 104 g/mol. The van der Waals surface area contributed by atoms with Crippen LogP contribution in [0.15, 0.2) is 23.7 Å². The molecule has 0 radical (unpaired) electrons. The Morgan fingerprint density at radius 2 is 2.38 bits per heavy atom. The summed E-state index contributed by atoms with van der Waals surface area (Å²) in [6, 6.07) is 0. The van der Waals surface area contributed by atoms with Gasteiger partial charge < -0.3 is 9.84 Å².